The molecule has 0 bridgehead atoms. The summed E-state index contributed by atoms with van der Waals surface area (Å²) >= 11 is 1.81. The lowest BCUT2D eigenvalue weighted by atomic mass is 10.1. The average molecular weight is 290 g/mol. The minimum Gasteiger partial charge on any atom is -0.364 e. The minimum atomic E-state index is -0.112. The van der Waals surface area contributed by atoms with Gasteiger partial charge in [0.2, 0.25) is 0 Å². The topological polar surface area (TPSA) is 15.3 Å². The van der Waals surface area contributed by atoms with Gasteiger partial charge in [0.25, 0.3) is 0 Å². The van der Waals surface area contributed by atoms with E-state index < -0.39 is 0 Å². The Hall–Kier alpha value is -1.39. The smallest absolute Gasteiger partial charge is 0.146 e. The van der Waals surface area contributed by atoms with Gasteiger partial charge in [0.1, 0.15) is 5.82 Å². The van der Waals surface area contributed by atoms with Gasteiger partial charge in [0.05, 0.1) is 5.69 Å². The van der Waals surface area contributed by atoms with Gasteiger partial charge in [0, 0.05) is 24.5 Å². The van der Waals surface area contributed by atoms with E-state index in [1.54, 1.807) is 6.07 Å². The first-order valence-electron chi connectivity index (χ1n) is 7.07. The SMILES string of the molecule is CCNCc1ccc(N2CCc3sccc3C2)c(F)c1. The molecule has 2 heterocycles. The van der Waals surface area contributed by atoms with E-state index in [1.807, 2.05) is 23.5 Å². The molecule has 2 nitrogen and oxygen atoms in total. The zero-order chi connectivity index (χ0) is 13.9. The molecule has 0 aliphatic carbocycles. The average Bonchev–Trinajstić information content (AvgIpc) is 2.92. The summed E-state index contributed by atoms with van der Waals surface area (Å²) in [5.41, 5.74) is 3.07. The van der Waals surface area contributed by atoms with Crippen LogP contribution in [-0.2, 0) is 19.5 Å². The molecule has 2 aromatic rings. The van der Waals surface area contributed by atoms with Crippen LogP contribution in [0.15, 0.2) is 29.6 Å². The molecule has 0 spiro atoms. The van der Waals surface area contributed by atoms with Crippen LogP contribution in [0, 0.1) is 5.82 Å². The second kappa shape index (κ2) is 5.94. The highest BCUT2D eigenvalue weighted by Gasteiger charge is 2.19. The summed E-state index contributed by atoms with van der Waals surface area (Å²) in [6.07, 6.45) is 1.02. The molecule has 1 aliphatic rings. The van der Waals surface area contributed by atoms with Gasteiger partial charge in [-0.05, 0) is 47.7 Å². The molecular formula is C16H19FN2S. The van der Waals surface area contributed by atoms with Crippen LogP contribution in [-0.4, -0.2) is 13.1 Å². The maximum atomic E-state index is 14.3. The normalized spacial score (nSPS) is 14.4. The number of fused-ring (bicyclic) bond motifs is 1. The Bertz CT molecular complexity index is 594. The molecule has 0 amide bonds. The number of rotatable bonds is 4. The van der Waals surface area contributed by atoms with Gasteiger partial charge in [-0.15, -0.1) is 11.3 Å². The second-order valence-corrected chi connectivity index (χ2v) is 6.11. The van der Waals surface area contributed by atoms with Gasteiger partial charge in [-0.2, -0.15) is 0 Å². The molecule has 1 aliphatic heterocycles. The number of benzene rings is 1. The van der Waals surface area contributed by atoms with Crippen LogP contribution in [0.5, 0.6) is 0 Å². The predicted octanol–water partition coefficient (Wildman–Crippen LogP) is 3.56. The number of halogens is 1. The lowest BCUT2D eigenvalue weighted by Crippen LogP contribution is -2.30. The molecule has 0 unspecified atom stereocenters. The van der Waals surface area contributed by atoms with Crippen LogP contribution in [0.25, 0.3) is 0 Å². The highest BCUT2D eigenvalue weighted by Crippen LogP contribution is 2.29. The number of hydrogen-bond acceptors (Lipinski definition) is 3. The van der Waals surface area contributed by atoms with E-state index in [1.165, 1.54) is 10.4 Å². The summed E-state index contributed by atoms with van der Waals surface area (Å²) in [4.78, 5) is 3.59. The summed E-state index contributed by atoms with van der Waals surface area (Å²) in [7, 11) is 0. The molecule has 20 heavy (non-hydrogen) atoms. The third-order valence-corrected chi connectivity index (χ3v) is 4.76. The predicted molar refractivity (Wildman–Crippen MR) is 82.9 cm³/mol. The van der Waals surface area contributed by atoms with Crippen LogP contribution < -0.4 is 10.2 Å². The minimum absolute atomic E-state index is 0.112. The summed E-state index contributed by atoms with van der Waals surface area (Å²) < 4.78 is 14.3. The fraction of sp³-hybridized carbons (Fsp3) is 0.375. The van der Waals surface area contributed by atoms with Crippen molar-refractivity contribution in [2.45, 2.75) is 26.4 Å². The van der Waals surface area contributed by atoms with Crippen molar-refractivity contribution >= 4 is 17.0 Å². The largest absolute Gasteiger partial charge is 0.364 e. The Morgan fingerprint density at radius 3 is 3.05 bits per heavy atom. The number of thiophene rings is 1. The summed E-state index contributed by atoms with van der Waals surface area (Å²) in [6, 6.07) is 7.74. The van der Waals surface area contributed by atoms with E-state index in [-0.39, 0.29) is 5.82 Å². The first-order chi connectivity index (χ1) is 9.78. The highest BCUT2D eigenvalue weighted by molar-refractivity contribution is 7.10. The molecule has 0 atom stereocenters. The zero-order valence-corrected chi connectivity index (χ0v) is 12.5. The van der Waals surface area contributed by atoms with Crippen molar-refractivity contribution in [3.8, 4) is 0 Å². The molecule has 1 aromatic carbocycles. The Labute approximate surface area is 123 Å². The Kier molecular flexibility index (Phi) is 4.03. The molecule has 4 heteroatoms. The van der Waals surface area contributed by atoms with E-state index in [9.17, 15) is 4.39 Å². The van der Waals surface area contributed by atoms with Gasteiger partial charge in [-0.3, -0.25) is 0 Å². The van der Waals surface area contributed by atoms with Crippen LogP contribution in [0.4, 0.5) is 10.1 Å². The lowest BCUT2D eigenvalue weighted by Gasteiger charge is -2.29. The van der Waals surface area contributed by atoms with Crippen molar-refractivity contribution in [1.29, 1.82) is 0 Å². The molecular weight excluding hydrogens is 271 g/mol. The first-order valence-corrected chi connectivity index (χ1v) is 7.95. The maximum absolute atomic E-state index is 14.3. The number of nitrogens with zero attached hydrogens (tertiary/aromatic N) is 1. The van der Waals surface area contributed by atoms with Crippen molar-refractivity contribution in [2.24, 2.45) is 0 Å². The van der Waals surface area contributed by atoms with Crippen LogP contribution in [0.3, 0.4) is 0 Å². The van der Waals surface area contributed by atoms with E-state index in [4.69, 9.17) is 0 Å². The zero-order valence-electron chi connectivity index (χ0n) is 11.7. The van der Waals surface area contributed by atoms with E-state index >= 15 is 0 Å². The van der Waals surface area contributed by atoms with Crippen LogP contribution >= 0.6 is 11.3 Å². The van der Waals surface area contributed by atoms with E-state index in [0.29, 0.717) is 0 Å². The second-order valence-electron chi connectivity index (χ2n) is 5.11. The van der Waals surface area contributed by atoms with Crippen molar-refractivity contribution in [3.05, 3.63) is 51.5 Å². The fourth-order valence-electron chi connectivity index (χ4n) is 2.64. The molecule has 1 N–H and O–H groups in total. The maximum Gasteiger partial charge on any atom is 0.146 e. The molecule has 3 rings (SSSR count). The summed E-state index contributed by atoms with van der Waals surface area (Å²) in [5, 5.41) is 5.35. The number of nitrogens with one attached hydrogen (secondary N) is 1. The van der Waals surface area contributed by atoms with Crippen molar-refractivity contribution < 1.29 is 4.39 Å². The van der Waals surface area contributed by atoms with Gasteiger partial charge in [-0.1, -0.05) is 13.0 Å². The summed E-state index contributed by atoms with van der Waals surface area (Å²) in [6.45, 7) is 5.40. The fourth-order valence-corrected chi connectivity index (χ4v) is 3.53. The Morgan fingerprint density at radius 2 is 2.25 bits per heavy atom. The Balaban J connectivity index is 1.78. The van der Waals surface area contributed by atoms with Crippen LogP contribution in [0.1, 0.15) is 22.9 Å². The van der Waals surface area contributed by atoms with E-state index in [0.717, 1.165) is 43.9 Å². The molecule has 0 saturated heterocycles. The van der Waals surface area contributed by atoms with Crippen molar-refractivity contribution in [3.63, 3.8) is 0 Å². The highest BCUT2D eigenvalue weighted by atomic mass is 32.1. The third kappa shape index (κ3) is 2.72. The van der Waals surface area contributed by atoms with Crippen molar-refractivity contribution in [1.82, 2.24) is 5.32 Å². The lowest BCUT2D eigenvalue weighted by molar-refractivity contribution is 0.607. The van der Waals surface area contributed by atoms with Crippen LogP contribution in [0.2, 0.25) is 0 Å². The first kappa shape index (κ1) is 13.6. The van der Waals surface area contributed by atoms with Gasteiger partial charge < -0.3 is 10.2 Å². The molecule has 0 saturated carbocycles. The number of hydrogen-bond donors (Lipinski definition) is 1. The monoisotopic (exact) mass is 290 g/mol. The number of anilines is 1. The molecule has 0 fully saturated rings. The standard InChI is InChI=1S/C16H19FN2S/c1-2-18-10-12-3-4-15(14(17)9-12)19-7-5-16-13(11-19)6-8-20-16/h3-4,6,8-9,18H,2,5,7,10-11H2,1H3. The van der Waals surface area contributed by atoms with E-state index in [2.05, 4.69) is 28.6 Å². The molecule has 0 radical (unpaired) electrons. The van der Waals surface area contributed by atoms with Gasteiger partial charge in [0.15, 0.2) is 0 Å². The van der Waals surface area contributed by atoms with Gasteiger partial charge in [-0.25, -0.2) is 4.39 Å². The molecule has 106 valence electrons. The van der Waals surface area contributed by atoms with Crippen molar-refractivity contribution in [2.75, 3.05) is 18.0 Å². The van der Waals surface area contributed by atoms with Gasteiger partial charge >= 0.3 is 0 Å². The summed E-state index contributed by atoms with van der Waals surface area (Å²) in [5.74, 6) is -0.112. The quantitative estimate of drug-likeness (QED) is 0.926. The third-order valence-electron chi connectivity index (χ3n) is 3.74. The molecule has 1 aromatic heterocycles. The Morgan fingerprint density at radius 1 is 1.35 bits per heavy atom.